The molecule has 18 heavy (non-hydrogen) atoms. The van der Waals surface area contributed by atoms with Gasteiger partial charge in [-0.3, -0.25) is 9.48 Å². The Balaban J connectivity index is 2.50. The molecule has 5 heteroatoms. The van der Waals surface area contributed by atoms with Crippen LogP contribution in [-0.2, 0) is 5.54 Å². The predicted molar refractivity (Wildman–Crippen MR) is 70.5 cm³/mol. The number of rotatable bonds is 5. The highest BCUT2D eigenvalue weighted by molar-refractivity contribution is 5.93. The van der Waals surface area contributed by atoms with Crippen molar-refractivity contribution in [3.8, 4) is 0 Å². The zero-order chi connectivity index (χ0) is 13.8. The maximum Gasteiger partial charge on any atom is 0.254 e. The van der Waals surface area contributed by atoms with Gasteiger partial charge in [-0.25, -0.2) is 0 Å². The Bertz CT molecular complexity index is 393. The number of nitrogens with zero attached hydrogens (tertiary/aromatic N) is 2. The SMILES string of the molecule is CCC(O)CCNC(=O)c1cnn(C(C)(C)C)c1. The zero-order valence-corrected chi connectivity index (χ0v) is 11.6. The van der Waals surface area contributed by atoms with E-state index in [1.54, 1.807) is 17.1 Å². The standard InChI is InChI=1S/C13H23N3O2/c1-5-11(17)6-7-14-12(18)10-8-15-16(9-10)13(2,3)4/h8-9,11,17H,5-7H2,1-4H3,(H,14,18). The van der Waals surface area contributed by atoms with Gasteiger partial charge in [0.1, 0.15) is 0 Å². The first-order valence-corrected chi connectivity index (χ1v) is 6.36. The average molecular weight is 253 g/mol. The van der Waals surface area contributed by atoms with E-state index in [9.17, 15) is 9.90 Å². The van der Waals surface area contributed by atoms with E-state index in [-0.39, 0.29) is 17.6 Å². The quantitative estimate of drug-likeness (QED) is 0.836. The molecular weight excluding hydrogens is 230 g/mol. The van der Waals surface area contributed by atoms with E-state index in [4.69, 9.17) is 0 Å². The summed E-state index contributed by atoms with van der Waals surface area (Å²) in [5.41, 5.74) is 0.424. The Labute approximate surface area is 108 Å². The summed E-state index contributed by atoms with van der Waals surface area (Å²) < 4.78 is 1.77. The van der Waals surface area contributed by atoms with Crippen molar-refractivity contribution in [1.82, 2.24) is 15.1 Å². The summed E-state index contributed by atoms with van der Waals surface area (Å²) in [6, 6.07) is 0. The lowest BCUT2D eigenvalue weighted by atomic mass is 10.1. The van der Waals surface area contributed by atoms with Crippen LogP contribution in [0.25, 0.3) is 0 Å². The van der Waals surface area contributed by atoms with Gasteiger partial charge in [-0.1, -0.05) is 6.92 Å². The molecular formula is C13H23N3O2. The Morgan fingerprint density at radius 1 is 1.56 bits per heavy atom. The van der Waals surface area contributed by atoms with Crippen LogP contribution < -0.4 is 5.32 Å². The molecule has 1 amide bonds. The summed E-state index contributed by atoms with van der Waals surface area (Å²) in [4.78, 5) is 11.8. The molecule has 1 atom stereocenters. The van der Waals surface area contributed by atoms with E-state index >= 15 is 0 Å². The van der Waals surface area contributed by atoms with Gasteiger partial charge in [0, 0.05) is 12.7 Å². The number of amides is 1. The van der Waals surface area contributed by atoms with Crippen molar-refractivity contribution in [1.29, 1.82) is 0 Å². The number of aromatic nitrogens is 2. The fourth-order valence-corrected chi connectivity index (χ4v) is 1.47. The van der Waals surface area contributed by atoms with Crippen LogP contribution in [-0.4, -0.2) is 33.4 Å². The second-order valence-corrected chi connectivity index (χ2v) is 5.45. The number of aliphatic hydroxyl groups is 1. The summed E-state index contributed by atoms with van der Waals surface area (Å²) in [7, 11) is 0. The molecule has 1 rings (SSSR count). The predicted octanol–water partition coefficient (Wildman–Crippen LogP) is 1.53. The van der Waals surface area contributed by atoms with E-state index < -0.39 is 0 Å². The van der Waals surface area contributed by atoms with Gasteiger partial charge in [0.25, 0.3) is 5.91 Å². The highest BCUT2D eigenvalue weighted by atomic mass is 16.3. The van der Waals surface area contributed by atoms with Crippen molar-refractivity contribution in [2.75, 3.05) is 6.54 Å². The first-order valence-electron chi connectivity index (χ1n) is 6.36. The van der Waals surface area contributed by atoms with Gasteiger partial charge in [0.2, 0.25) is 0 Å². The van der Waals surface area contributed by atoms with Crippen LogP contribution >= 0.6 is 0 Å². The molecule has 1 aromatic heterocycles. The maximum absolute atomic E-state index is 11.8. The van der Waals surface area contributed by atoms with Gasteiger partial charge < -0.3 is 10.4 Å². The fourth-order valence-electron chi connectivity index (χ4n) is 1.47. The minimum atomic E-state index is -0.345. The lowest BCUT2D eigenvalue weighted by Gasteiger charge is -2.18. The summed E-state index contributed by atoms with van der Waals surface area (Å²) in [5.74, 6) is -0.145. The van der Waals surface area contributed by atoms with Crippen LogP contribution in [0.5, 0.6) is 0 Å². The molecule has 0 radical (unpaired) electrons. The summed E-state index contributed by atoms with van der Waals surface area (Å²) in [6.07, 6.45) is 4.25. The Kier molecular flexibility index (Phi) is 4.90. The van der Waals surface area contributed by atoms with Crippen molar-refractivity contribution >= 4 is 5.91 Å². The average Bonchev–Trinajstić information content (AvgIpc) is 2.77. The van der Waals surface area contributed by atoms with Gasteiger partial charge in [0.15, 0.2) is 0 Å². The summed E-state index contributed by atoms with van der Waals surface area (Å²) in [6.45, 7) is 8.48. The first kappa shape index (κ1) is 14.7. The first-order chi connectivity index (χ1) is 8.34. The Hall–Kier alpha value is -1.36. The molecule has 0 aliphatic rings. The van der Waals surface area contributed by atoms with Crippen LogP contribution in [0.2, 0.25) is 0 Å². The number of nitrogens with one attached hydrogen (secondary N) is 1. The Morgan fingerprint density at radius 2 is 2.22 bits per heavy atom. The molecule has 0 saturated heterocycles. The lowest BCUT2D eigenvalue weighted by molar-refractivity contribution is 0.0942. The molecule has 0 saturated carbocycles. The molecule has 0 aliphatic carbocycles. The molecule has 0 fully saturated rings. The molecule has 0 bridgehead atoms. The van der Waals surface area contributed by atoms with Crippen LogP contribution in [0.1, 0.15) is 50.9 Å². The van der Waals surface area contributed by atoms with Crippen LogP contribution in [0, 0.1) is 0 Å². The number of hydrogen-bond acceptors (Lipinski definition) is 3. The third-order valence-corrected chi connectivity index (χ3v) is 2.77. The number of aliphatic hydroxyl groups excluding tert-OH is 1. The highest BCUT2D eigenvalue weighted by Gasteiger charge is 2.16. The number of carbonyl (C=O) groups is 1. The van der Waals surface area contributed by atoms with E-state index in [1.807, 2.05) is 27.7 Å². The molecule has 0 aromatic carbocycles. The van der Waals surface area contributed by atoms with Crippen molar-refractivity contribution in [3.63, 3.8) is 0 Å². The van der Waals surface area contributed by atoms with Gasteiger partial charge in [-0.15, -0.1) is 0 Å². The second kappa shape index (κ2) is 6.00. The van der Waals surface area contributed by atoms with Crippen LogP contribution in [0.4, 0.5) is 0 Å². The van der Waals surface area contributed by atoms with Crippen molar-refractivity contribution in [2.45, 2.75) is 52.2 Å². The van der Waals surface area contributed by atoms with Gasteiger partial charge in [-0.05, 0) is 33.6 Å². The lowest BCUT2D eigenvalue weighted by Crippen LogP contribution is -2.27. The normalized spacial score (nSPS) is 13.4. The van der Waals surface area contributed by atoms with Crippen LogP contribution in [0.3, 0.4) is 0 Å². The molecule has 0 aliphatic heterocycles. The van der Waals surface area contributed by atoms with Crippen molar-refractivity contribution in [2.24, 2.45) is 0 Å². The van der Waals surface area contributed by atoms with E-state index in [0.29, 0.717) is 24.9 Å². The third-order valence-electron chi connectivity index (χ3n) is 2.77. The molecule has 102 valence electrons. The topological polar surface area (TPSA) is 67.2 Å². The monoisotopic (exact) mass is 253 g/mol. The molecule has 5 nitrogen and oxygen atoms in total. The van der Waals surface area contributed by atoms with Gasteiger partial charge >= 0.3 is 0 Å². The minimum Gasteiger partial charge on any atom is -0.393 e. The minimum absolute atomic E-state index is 0.128. The molecule has 2 N–H and O–H groups in total. The number of carbonyl (C=O) groups excluding carboxylic acids is 1. The zero-order valence-electron chi connectivity index (χ0n) is 11.6. The van der Waals surface area contributed by atoms with Crippen LogP contribution in [0.15, 0.2) is 12.4 Å². The van der Waals surface area contributed by atoms with E-state index in [1.165, 1.54) is 0 Å². The van der Waals surface area contributed by atoms with E-state index in [0.717, 1.165) is 0 Å². The highest BCUT2D eigenvalue weighted by Crippen LogP contribution is 2.13. The Morgan fingerprint density at radius 3 is 2.72 bits per heavy atom. The van der Waals surface area contributed by atoms with Gasteiger partial charge in [0.05, 0.1) is 23.4 Å². The van der Waals surface area contributed by atoms with Crippen molar-refractivity contribution < 1.29 is 9.90 Å². The largest absolute Gasteiger partial charge is 0.393 e. The molecule has 1 aromatic rings. The summed E-state index contributed by atoms with van der Waals surface area (Å²) in [5, 5.41) is 16.3. The fraction of sp³-hybridized carbons (Fsp3) is 0.692. The maximum atomic E-state index is 11.8. The smallest absolute Gasteiger partial charge is 0.254 e. The van der Waals surface area contributed by atoms with Crippen molar-refractivity contribution in [3.05, 3.63) is 18.0 Å². The molecule has 0 spiro atoms. The molecule has 1 unspecified atom stereocenters. The second-order valence-electron chi connectivity index (χ2n) is 5.45. The van der Waals surface area contributed by atoms with E-state index in [2.05, 4.69) is 10.4 Å². The molecule has 1 heterocycles. The third kappa shape index (κ3) is 4.14. The number of hydrogen-bond donors (Lipinski definition) is 2. The van der Waals surface area contributed by atoms with Gasteiger partial charge in [-0.2, -0.15) is 5.10 Å². The summed E-state index contributed by atoms with van der Waals surface area (Å²) >= 11 is 0.